The van der Waals surface area contributed by atoms with E-state index < -0.39 is 0 Å². The summed E-state index contributed by atoms with van der Waals surface area (Å²) in [6.45, 7) is 2.04. The van der Waals surface area contributed by atoms with Gasteiger partial charge in [0.25, 0.3) is 0 Å². The van der Waals surface area contributed by atoms with Crippen LogP contribution in [0.5, 0.6) is 0 Å². The summed E-state index contributed by atoms with van der Waals surface area (Å²) in [7, 11) is 0. The fraction of sp³-hybridized carbons (Fsp3) is 0.0714. The predicted molar refractivity (Wildman–Crippen MR) is 68.6 cm³/mol. The first-order valence-electron chi connectivity index (χ1n) is 5.17. The maximum absolute atomic E-state index is 4.50. The molecule has 0 bridgehead atoms. The molecule has 0 spiro atoms. The van der Waals surface area contributed by atoms with Gasteiger partial charge < -0.3 is 0 Å². The Morgan fingerprint density at radius 1 is 1.19 bits per heavy atom. The highest BCUT2D eigenvalue weighted by Gasteiger charge is 2.02. The van der Waals surface area contributed by atoms with Crippen LogP contribution in [0, 0.1) is 13.0 Å². The fourth-order valence-electron chi connectivity index (χ4n) is 1.78. The molecule has 3 rings (SSSR count). The van der Waals surface area contributed by atoms with Crippen molar-refractivity contribution in [3.63, 3.8) is 0 Å². The molecule has 0 N–H and O–H groups in total. The van der Waals surface area contributed by atoms with Crippen molar-refractivity contribution < 1.29 is 0 Å². The molecule has 2 heteroatoms. The molecule has 1 radical (unpaired) electrons. The van der Waals surface area contributed by atoms with Gasteiger partial charge >= 0.3 is 0 Å². The zero-order valence-corrected chi connectivity index (χ0v) is 9.71. The van der Waals surface area contributed by atoms with Crippen LogP contribution in [0.4, 0.5) is 0 Å². The molecular weight excluding hydrogens is 214 g/mol. The minimum Gasteiger partial charge on any atom is -0.241 e. The van der Waals surface area contributed by atoms with Gasteiger partial charge in [0.2, 0.25) is 0 Å². The van der Waals surface area contributed by atoms with Gasteiger partial charge in [0.05, 0.1) is 15.2 Å². The topological polar surface area (TPSA) is 12.9 Å². The Kier molecular flexibility index (Phi) is 2.22. The molecule has 1 aromatic heterocycles. The number of fused-ring (bicyclic) bond motifs is 1. The van der Waals surface area contributed by atoms with Gasteiger partial charge in [-0.2, -0.15) is 0 Å². The molecule has 0 saturated heterocycles. The molecule has 3 aromatic rings. The molecule has 77 valence electrons. The van der Waals surface area contributed by atoms with Crippen molar-refractivity contribution in [1.29, 1.82) is 0 Å². The molecule has 2 aromatic carbocycles. The molecule has 16 heavy (non-hydrogen) atoms. The zero-order valence-electron chi connectivity index (χ0n) is 8.90. The Bertz CT molecular complexity index is 626. The first-order valence-corrected chi connectivity index (χ1v) is 5.99. The summed E-state index contributed by atoms with van der Waals surface area (Å²) in [5.74, 6) is 0. The summed E-state index contributed by atoms with van der Waals surface area (Å²) in [4.78, 5) is 4.50. The number of benzene rings is 2. The van der Waals surface area contributed by atoms with Gasteiger partial charge in [-0.3, -0.25) is 0 Å². The van der Waals surface area contributed by atoms with E-state index >= 15 is 0 Å². The number of thiazole rings is 1. The monoisotopic (exact) mass is 224 g/mol. The van der Waals surface area contributed by atoms with Gasteiger partial charge in [0, 0.05) is 0 Å². The van der Waals surface area contributed by atoms with Crippen molar-refractivity contribution in [1.82, 2.24) is 4.98 Å². The van der Waals surface area contributed by atoms with Crippen LogP contribution < -0.4 is 0 Å². The second kappa shape index (κ2) is 3.72. The first kappa shape index (κ1) is 9.55. The van der Waals surface area contributed by atoms with Crippen LogP contribution in [0.1, 0.15) is 5.01 Å². The summed E-state index contributed by atoms with van der Waals surface area (Å²) in [5.41, 5.74) is 3.38. The second-order valence-corrected chi connectivity index (χ2v) is 4.93. The summed E-state index contributed by atoms with van der Waals surface area (Å²) < 4.78 is 1.25. The molecule has 0 unspecified atom stereocenters. The van der Waals surface area contributed by atoms with Crippen molar-refractivity contribution in [2.45, 2.75) is 6.92 Å². The molecular formula is C14H10NS. The lowest BCUT2D eigenvalue weighted by molar-refractivity contribution is 1.35. The van der Waals surface area contributed by atoms with Crippen LogP contribution in [-0.2, 0) is 0 Å². The maximum Gasteiger partial charge on any atom is 0.0907 e. The average molecular weight is 224 g/mol. The Hall–Kier alpha value is -1.67. The van der Waals surface area contributed by atoms with Crippen LogP contribution in [-0.4, -0.2) is 4.98 Å². The van der Waals surface area contributed by atoms with E-state index in [0.717, 1.165) is 16.1 Å². The summed E-state index contributed by atoms with van der Waals surface area (Å²) in [5, 5.41) is 1.11. The van der Waals surface area contributed by atoms with E-state index in [1.165, 1.54) is 10.3 Å². The van der Waals surface area contributed by atoms with Gasteiger partial charge in [-0.15, -0.1) is 11.3 Å². The molecule has 0 aliphatic carbocycles. The number of aryl methyl sites for hydroxylation is 1. The molecule has 0 atom stereocenters. The highest BCUT2D eigenvalue weighted by atomic mass is 32.1. The van der Waals surface area contributed by atoms with Crippen LogP contribution in [0.25, 0.3) is 21.3 Å². The third-order valence-electron chi connectivity index (χ3n) is 2.51. The van der Waals surface area contributed by atoms with Gasteiger partial charge in [-0.25, -0.2) is 4.98 Å². The van der Waals surface area contributed by atoms with Crippen molar-refractivity contribution in [3.8, 4) is 11.1 Å². The van der Waals surface area contributed by atoms with Gasteiger partial charge in [-0.05, 0) is 36.2 Å². The van der Waals surface area contributed by atoms with E-state index in [2.05, 4.69) is 35.3 Å². The molecule has 1 nitrogen and oxygen atoms in total. The largest absolute Gasteiger partial charge is 0.241 e. The SMILES string of the molecule is Cc1nc2cc(-c3[c]cccc3)ccc2s1. The molecule has 0 aliphatic rings. The third-order valence-corrected chi connectivity index (χ3v) is 3.47. The van der Waals surface area contributed by atoms with Gasteiger partial charge in [-0.1, -0.05) is 30.3 Å². The van der Waals surface area contributed by atoms with E-state index in [-0.39, 0.29) is 0 Å². The Balaban J connectivity index is 2.18. The minimum absolute atomic E-state index is 1.08. The predicted octanol–water partition coefficient (Wildman–Crippen LogP) is 4.07. The van der Waals surface area contributed by atoms with Gasteiger partial charge in [0.1, 0.15) is 0 Å². The number of nitrogens with zero attached hydrogens (tertiary/aromatic N) is 1. The van der Waals surface area contributed by atoms with E-state index in [9.17, 15) is 0 Å². The maximum atomic E-state index is 4.50. The van der Waals surface area contributed by atoms with Crippen molar-refractivity contribution in [2.75, 3.05) is 0 Å². The number of rotatable bonds is 1. The molecule has 0 fully saturated rings. The summed E-state index contributed by atoms with van der Waals surface area (Å²) in [6, 6.07) is 17.6. The lowest BCUT2D eigenvalue weighted by Gasteiger charge is -1.99. The van der Waals surface area contributed by atoms with E-state index in [4.69, 9.17) is 0 Å². The van der Waals surface area contributed by atoms with Gasteiger partial charge in [0.15, 0.2) is 0 Å². The van der Waals surface area contributed by atoms with Crippen molar-refractivity contribution in [3.05, 3.63) is 53.5 Å². The number of hydrogen-bond donors (Lipinski definition) is 0. The Morgan fingerprint density at radius 3 is 2.94 bits per heavy atom. The van der Waals surface area contributed by atoms with Crippen molar-refractivity contribution in [2.24, 2.45) is 0 Å². The van der Waals surface area contributed by atoms with E-state index in [1.54, 1.807) is 11.3 Å². The Morgan fingerprint density at radius 2 is 2.12 bits per heavy atom. The number of hydrogen-bond acceptors (Lipinski definition) is 2. The lowest BCUT2D eigenvalue weighted by atomic mass is 10.1. The number of aromatic nitrogens is 1. The van der Waals surface area contributed by atoms with Crippen LogP contribution in [0.15, 0.2) is 42.5 Å². The normalized spacial score (nSPS) is 10.8. The van der Waals surface area contributed by atoms with E-state index in [0.29, 0.717) is 0 Å². The molecule has 0 amide bonds. The second-order valence-electron chi connectivity index (χ2n) is 3.69. The first-order chi connectivity index (χ1) is 7.83. The molecule has 1 heterocycles. The molecule has 0 aliphatic heterocycles. The van der Waals surface area contributed by atoms with Crippen LogP contribution >= 0.6 is 11.3 Å². The lowest BCUT2D eigenvalue weighted by Crippen LogP contribution is -1.77. The highest BCUT2D eigenvalue weighted by Crippen LogP contribution is 2.27. The summed E-state index contributed by atoms with van der Waals surface area (Å²) in [6.07, 6.45) is 0. The van der Waals surface area contributed by atoms with E-state index in [1.807, 2.05) is 25.1 Å². The smallest absolute Gasteiger partial charge is 0.0907 e. The standard InChI is InChI=1S/C14H10NS/c1-10-15-13-9-12(7-8-14(13)16-10)11-5-3-2-4-6-11/h2-5,7-9H,1H3. The highest BCUT2D eigenvalue weighted by molar-refractivity contribution is 7.18. The third kappa shape index (κ3) is 1.61. The average Bonchev–Trinajstić information content (AvgIpc) is 2.69. The van der Waals surface area contributed by atoms with Crippen LogP contribution in [0.2, 0.25) is 0 Å². The zero-order chi connectivity index (χ0) is 11.0. The fourth-order valence-corrected chi connectivity index (χ4v) is 2.59. The van der Waals surface area contributed by atoms with Crippen molar-refractivity contribution >= 4 is 21.6 Å². The minimum atomic E-state index is 1.08. The summed E-state index contributed by atoms with van der Waals surface area (Å²) >= 11 is 1.73. The van der Waals surface area contributed by atoms with Crippen LogP contribution in [0.3, 0.4) is 0 Å². The Labute approximate surface area is 98.4 Å². The molecule has 0 saturated carbocycles. The quantitative estimate of drug-likeness (QED) is 0.607.